The van der Waals surface area contributed by atoms with Crippen molar-refractivity contribution >= 4 is 18.1 Å². The first-order chi connectivity index (χ1) is 10.8. The minimum absolute atomic E-state index is 0.00945. The molecule has 0 spiro atoms. The molecular formula is C15H17N3O3S. The Morgan fingerprint density at radius 1 is 1.41 bits per heavy atom. The van der Waals surface area contributed by atoms with Crippen LogP contribution in [0.5, 0.6) is 0 Å². The van der Waals surface area contributed by atoms with Crippen LogP contribution in [0.2, 0.25) is 0 Å². The number of ether oxygens (including phenoxy) is 2. The van der Waals surface area contributed by atoms with Gasteiger partial charge in [-0.25, -0.2) is 0 Å². The first-order valence-corrected chi connectivity index (χ1v) is 7.50. The minimum atomic E-state index is -0.189. The number of rotatable bonds is 4. The molecule has 0 bridgehead atoms. The third-order valence-corrected chi connectivity index (χ3v) is 3.79. The molecule has 7 heteroatoms. The molecule has 1 aliphatic heterocycles. The quantitative estimate of drug-likeness (QED) is 0.846. The second kappa shape index (κ2) is 6.87. The van der Waals surface area contributed by atoms with E-state index in [-0.39, 0.29) is 18.8 Å². The van der Waals surface area contributed by atoms with E-state index >= 15 is 0 Å². The Bertz CT molecular complexity index is 690. The van der Waals surface area contributed by atoms with E-state index < -0.39 is 0 Å². The van der Waals surface area contributed by atoms with E-state index in [4.69, 9.17) is 21.7 Å². The largest absolute Gasteiger partial charge is 0.355 e. The molecule has 2 heterocycles. The number of hydrogen-bond acceptors (Lipinski definition) is 4. The van der Waals surface area contributed by atoms with Gasteiger partial charge in [-0.05, 0) is 30.8 Å². The van der Waals surface area contributed by atoms with Crippen LogP contribution in [0.15, 0.2) is 36.5 Å². The molecule has 0 saturated carbocycles. The summed E-state index contributed by atoms with van der Waals surface area (Å²) in [6, 6.07) is 9.54. The van der Waals surface area contributed by atoms with Crippen LogP contribution in [0.1, 0.15) is 16.9 Å². The summed E-state index contributed by atoms with van der Waals surface area (Å²) in [6.07, 6.45) is 2.39. The van der Waals surface area contributed by atoms with Crippen molar-refractivity contribution in [3.8, 4) is 5.69 Å². The van der Waals surface area contributed by atoms with Crippen molar-refractivity contribution in [2.75, 3.05) is 19.9 Å². The average Bonchev–Trinajstić information content (AvgIpc) is 2.96. The molecule has 1 aliphatic rings. The molecule has 1 amide bonds. The molecule has 116 valence electrons. The van der Waals surface area contributed by atoms with Gasteiger partial charge in [0, 0.05) is 18.4 Å². The average molecular weight is 319 g/mol. The van der Waals surface area contributed by atoms with Gasteiger partial charge in [-0.1, -0.05) is 18.2 Å². The first-order valence-electron chi connectivity index (χ1n) is 7.09. The predicted octanol–water partition coefficient (Wildman–Crippen LogP) is 2.03. The number of hydrogen-bond donors (Lipinski definition) is 2. The smallest absolute Gasteiger partial charge is 0.269 e. The molecule has 6 nitrogen and oxygen atoms in total. The van der Waals surface area contributed by atoms with Crippen molar-refractivity contribution in [2.45, 2.75) is 12.5 Å². The lowest BCUT2D eigenvalue weighted by atomic mass is 10.2. The van der Waals surface area contributed by atoms with Gasteiger partial charge in [0.1, 0.15) is 12.5 Å². The van der Waals surface area contributed by atoms with Crippen LogP contribution < -0.4 is 5.32 Å². The summed E-state index contributed by atoms with van der Waals surface area (Å²) in [5.74, 6) is -0.189. The number of nitrogens with zero attached hydrogens (tertiary/aromatic N) is 1. The molecule has 1 aromatic carbocycles. The maximum atomic E-state index is 12.4. The van der Waals surface area contributed by atoms with Gasteiger partial charge in [0.05, 0.1) is 12.7 Å². The predicted molar refractivity (Wildman–Crippen MR) is 83.6 cm³/mol. The zero-order valence-electron chi connectivity index (χ0n) is 12.0. The molecule has 2 aromatic rings. The number of para-hydroxylation sites is 1. The molecule has 1 fully saturated rings. The summed E-state index contributed by atoms with van der Waals surface area (Å²) in [4.78, 5) is 15.3. The van der Waals surface area contributed by atoms with E-state index in [1.807, 2.05) is 30.3 Å². The second-order valence-electron chi connectivity index (χ2n) is 4.96. The maximum absolute atomic E-state index is 12.4. The molecule has 1 atom stereocenters. The molecule has 22 heavy (non-hydrogen) atoms. The highest BCUT2D eigenvalue weighted by molar-refractivity contribution is 7.71. The van der Waals surface area contributed by atoms with Gasteiger partial charge in [0.15, 0.2) is 4.77 Å². The monoisotopic (exact) mass is 319 g/mol. The Labute approximate surface area is 133 Å². The summed E-state index contributed by atoms with van der Waals surface area (Å²) in [5.41, 5.74) is 1.32. The van der Waals surface area contributed by atoms with Crippen LogP contribution >= 0.6 is 12.2 Å². The van der Waals surface area contributed by atoms with Crippen molar-refractivity contribution < 1.29 is 14.3 Å². The highest BCUT2D eigenvalue weighted by Gasteiger charge is 2.18. The lowest BCUT2D eigenvalue weighted by Gasteiger charge is -2.22. The maximum Gasteiger partial charge on any atom is 0.269 e. The van der Waals surface area contributed by atoms with Crippen molar-refractivity contribution in [3.05, 3.63) is 47.0 Å². The van der Waals surface area contributed by atoms with Gasteiger partial charge in [0.2, 0.25) is 0 Å². The molecule has 1 saturated heterocycles. The van der Waals surface area contributed by atoms with Gasteiger partial charge in [-0.15, -0.1) is 0 Å². The highest BCUT2D eigenvalue weighted by Crippen LogP contribution is 2.12. The normalized spacial score (nSPS) is 18.1. The van der Waals surface area contributed by atoms with E-state index in [0.717, 1.165) is 12.1 Å². The first kappa shape index (κ1) is 15.0. The number of imidazole rings is 1. The van der Waals surface area contributed by atoms with Gasteiger partial charge in [-0.2, -0.15) is 0 Å². The van der Waals surface area contributed by atoms with E-state index in [0.29, 0.717) is 23.6 Å². The zero-order valence-corrected chi connectivity index (χ0v) is 12.8. The zero-order chi connectivity index (χ0) is 15.4. The number of aromatic nitrogens is 2. The Morgan fingerprint density at radius 3 is 2.95 bits per heavy atom. The SMILES string of the molecule is O=C(NC[C@H]1CCOCO1)c1c[nH]c(=S)n1-c1ccccc1. The van der Waals surface area contributed by atoms with Crippen molar-refractivity contribution in [1.82, 2.24) is 14.9 Å². The highest BCUT2D eigenvalue weighted by atomic mass is 32.1. The van der Waals surface area contributed by atoms with E-state index in [2.05, 4.69) is 10.3 Å². The van der Waals surface area contributed by atoms with Gasteiger partial charge in [-0.3, -0.25) is 9.36 Å². The number of aromatic amines is 1. The molecule has 3 rings (SSSR count). The van der Waals surface area contributed by atoms with Crippen LogP contribution in [0, 0.1) is 4.77 Å². The summed E-state index contributed by atoms with van der Waals surface area (Å²) in [5, 5.41) is 2.89. The molecule has 0 aliphatic carbocycles. The number of benzene rings is 1. The summed E-state index contributed by atoms with van der Waals surface area (Å²) >= 11 is 5.27. The lowest BCUT2D eigenvalue weighted by molar-refractivity contribution is -0.136. The topological polar surface area (TPSA) is 68.3 Å². The fraction of sp³-hybridized carbons (Fsp3) is 0.333. The fourth-order valence-electron chi connectivity index (χ4n) is 2.33. The van der Waals surface area contributed by atoms with Crippen LogP contribution in [-0.2, 0) is 9.47 Å². The Morgan fingerprint density at radius 2 is 2.23 bits per heavy atom. The van der Waals surface area contributed by atoms with Gasteiger partial charge in [0.25, 0.3) is 5.91 Å². The summed E-state index contributed by atoms with van der Waals surface area (Å²) in [6.45, 7) is 1.39. The van der Waals surface area contributed by atoms with Crippen LogP contribution in [0.4, 0.5) is 0 Å². The van der Waals surface area contributed by atoms with Gasteiger partial charge < -0.3 is 19.8 Å². The van der Waals surface area contributed by atoms with Crippen LogP contribution in [0.3, 0.4) is 0 Å². The van der Waals surface area contributed by atoms with E-state index in [9.17, 15) is 4.79 Å². The van der Waals surface area contributed by atoms with E-state index in [1.54, 1.807) is 10.8 Å². The van der Waals surface area contributed by atoms with E-state index in [1.165, 1.54) is 0 Å². The fourth-order valence-corrected chi connectivity index (χ4v) is 2.59. The Kier molecular flexibility index (Phi) is 4.67. The molecule has 1 aromatic heterocycles. The Balaban J connectivity index is 1.74. The Hall–Kier alpha value is -1.96. The second-order valence-corrected chi connectivity index (χ2v) is 5.35. The molecular weight excluding hydrogens is 302 g/mol. The molecule has 0 radical (unpaired) electrons. The molecule has 2 N–H and O–H groups in total. The number of H-pyrrole nitrogens is 1. The van der Waals surface area contributed by atoms with Crippen molar-refractivity contribution in [2.24, 2.45) is 0 Å². The summed E-state index contributed by atoms with van der Waals surface area (Å²) in [7, 11) is 0. The number of amides is 1. The molecule has 0 unspecified atom stereocenters. The van der Waals surface area contributed by atoms with Crippen molar-refractivity contribution in [3.63, 3.8) is 0 Å². The van der Waals surface area contributed by atoms with Gasteiger partial charge >= 0.3 is 0 Å². The van der Waals surface area contributed by atoms with Crippen LogP contribution in [-0.4, -0.2) is 41.5 Å². The van der Waals surface area contributed by atoms with Crippen molar-refractivity contribution in [1.29, 1.82) is 0 Å². The number of carbonyl (C=O) groups is 1. The van der Waals surface area contributed by atoms with Crippen LogP contribution in [0.25, 0.3) is 5.69 Å². The lowest BCUT2D eigenvalue weighted by Crippen LogP contribution is -2.37. The minimum Gasteiger partial charge on any atom is -0.355 e. The third kappa shape index (κ3) is 3.27. The number of nitrogens with one attached hydrogen (secondary N) is 2. The third-order valence-electron chi connectivity index (χ3n) is 3.48. The summed E-state index contributed by atoms with van der Waals surface area (Å²) < 4.78 is 12.7. The number of carbonyl (C=O) groups excluding carboxylic acids is 1. The standard InChI is InChI=1S/C15H17N3O3S/c19-14(16-8-12-6-7-20-10-21-12)13-9-17-15(22)18(13)11-4-2-1-3-5-11/h1-5,9,12H,6-8,10H2,(H,16,19)(H,17,22)/t12-/m1/s1.